The topological polar surface area (TPSA) is 0 Å². The summed E-state index contributed by atoms with van der Waals surface area (Å²) in [5, 5.41) is 0. The molecule has 1 atom stereocenters. The van der Waals surface area contributed by atoms with E-state index in [4.69, 9.17) is 0 Å². The summed E-state index contributed by atoms with van der Waals surface area (Å²) in [6, 6.07) is 0. The molecule has 0 aromatic rings. The van der Waals surface area contributed by atoms with Crippen molar-refractivity contribution in [3.05, 3.63) is 0 Å². The summed E-state index contributed by atoms with van der Waals surface area (Å²) in [7, 11) is 0. The average molecular weight is 539 g/mol. The van der Waals surface area contributed by atoms with E-state index in [-0.39, 0.29) is 9.90 Å². The van der Waals surface area contributed by atoms with Crippen LogP contribution in [0.3, 0.4) is 0 Å². The lowest BCUT2D eigenvalue weighted by molar-refractivity contribution is 1.50. The lowest BCUT2D eigenvalue weighted by Crippen LogP contribution is -0.856. The molecule has 12 aliphatic carbocycles. The van der Waals surface area contributed by atoms with Gasteiger partial charge in [-0.3, -0.25) is 0 Å². The zero-order valence-corrected chi connectivity index (χ0v) is 27.6. The summed E-state index contributed by atoms with van der Waals surface area (Å²) in [5.74, 6) is 0. The van der Waals surface area contributed by atoms with Crippen molar-refractivity contribution in [1.29, 1.82) is 0 Å². The van der Waals surface area contributed by atoms with Crippen molar-refractivity contribution in [2.75, 3.05) is 0 Å². The van der Waals surface area contributed by atoms with E-state index in [0.717, 1.165) is 0 Å². The van der Waals surface area contributed by atoms with Gasteiger partial charge in [0.15, 0.2) is 0 Å². The Kier molecular flexibility index (Phi) is 34.9. The molecule has 0 amide bonds. The summed E-state index contributed by atoms with van der Waals surface area (Å²) in [4.78, 5) is 0. The molecule has 0 aromatic heterocycles. The fourth-order valence-electron chi connectivity index (χ4n) is 0. The SMILES string of the molecule is C1CC1.C1CC1.C1CC1.C1CC1.C1CC1.C1CC1.C1CC1.C1CC1.C1CC1.C1CC1.C1CC1.C1CC1.P. The highest BCUT2D eigenvalue weighted by Crippen LogP contribution is 2.18. The van der Waals surface area contributed by atoms with Gasteiger partial charge < -0.3 is 0 Å². The zero-order valence-electron chi connectivity index (χ0n) is 26.2. The molecule has 0 aliphatic heterocycles. The maximum atomic E-state index is 1.50. The van der Waals surface area contributed by atoms with Crippen LogP contribution in [0, 0.1) is 0 Å². The van der Waals surface area contributed by atoms with E-state index in [2.05, 4.69) is 0 Å². The zero-order chi connectivity index (χ0) is 25.5. The predicted molar refractivity (Wildman–Crippen MR) is 177 cm³/mol. The fraction of sp³-hybridized carbons (Fsp3) is 1.00. The van der Waals surface area contributed by atoms with E-state index < -0.39 is 0 Å². The Bertz CT molecular complexity index is 193. The van der Waals surface area contributed by atoms with Crippen LogP contribution in [-0.2, 0) is 0 Å². The molecule has 0 saturated heterocycles. The number of hydrogen-bond donors (Lipinski definition) is 0. The Balaban J connectivity index is 0.000000381. The molecule has 0 spiro atoms. The average Bonchev–Trinajstić information content (AvgIpc) is 3.89. The summed E-state index contributed by atoms with van der Waals surface area (Å²) in [6.45, 7) is 0. The molecule has 0 N–H and O–H groups in total. The first kappa shape index (κ1) is 37.4. The summed E-state index contributed by atoms with van der Waals surface area (Å²) >= 11 is 0. The van der Waals surface area contributed by atoms with Crippen molar-refractivity contribution in [1.82, 2.24) is 0 Å². The van der Waals surface area contributed by atoms with Gasteiger partial charge in [-0.15, -0.1) is 0 Å². The predicted octanol–water partition coefficient (Wildman–Crippen LogP) is 14.1. The molecule has 0 radical (unpaired) electrons. The fourth-order valence-corrected chi connectivity index (χ4v) is 0. The van der Waals surface area contributed by atoms with Crippen LogP contribution >= 0.6 is 9.90 Å². The first-order valence-corrected chi connectivity index (χ1v) is 18.0. The molecule has 1 heteroatoms. The minimum atomic E-state index is 0. The van der Waals surface area contributed by atoms with Crippen molar-refractivity contribution < 1.29 is 0 Å². The molecular formula is C36H75P. The van der Waals surface area contributed by atoms with Crippen molar-refractivity contribution in [2.45, 2.75) is 231 Å². The van der Waals surface area contributed by atoms with E-state index in [1.165, 1.54) is 231 Å². The second-order valence-corrected chi connectivity index (χ2v) is 12.7. The van der Waals surface area contributed by atoms with Crippen molar-refractivity contribution in [2.24, 2.45) is 0 Å². The molecular weight excluding hydrogens is 463 g/mol. The van der Waals surface area contributed by atoms with Gasteiger partial charge in [0.05, 0.1) is 0 Å². The second kappa shape index (κ2) is 34.5. The van der Waals surface area contributed by atoms with E-state index >= 15 is 0 Å². The van der Waals surface area contributed by atoms with E-state index in [9.17, 15) is 0 Å². The Labute approximate surface area is 240 Å². The quantitative estimate of drug-likeness (QED) is 0.269. The number of hydrogen-bond acceptors (Lipinski definition) is 0. The van der Waals surface area contributed by atoms with E-state index in [1.54, 1.807) is 0 Å². The van der Waals surface area contributed by atoms with Gasteiger partial charge in [0.2, 0.25) is 0 Å². The summed E-state index contributed by atoms with van der Waals surface area (Å²) in [5.41, 5.74) is 0. The first-order valence-electron chi connectivity index (χ1n) is 18.0. The van der Waals surface area contributed by atoms with Crippen LogP contribution in [0.25, 0.3) is 0 Å². The van der Waals surface area contributed by atoms with Crippen molar-refractivity contribution in [3.63, 3.8) is 0 Å². The lowest BCUT2D eigenvalue weighted by atomic mass is 11.0. The maximum Gasteiger partial charge on any atom is -0.0533 e. The highest BCUT2D eigenvalue weighted by molar-refractivity contribution is 6.92. The van der Waals surface area contributed by atoms with Gasteiger partial charge in [-0.1, -0.05) is 231 Å². The van der Waals surface area contributed by atoms with Crippen molar-refractivity contribution >= 4 is 9.90 Å². The van der Waals surface area contributed by atoms with Crippen molar-refractivity contribution in [3.8, 4) is 0 Å². The van der Waals surface area contributed by atoms with Gasteiger partial charge in [0.25, 0.3) is 0 Å². The first-order chi connectivity index (χ1) is 18.0. The van der Waals surface area contributed by atoms with Crippen LogP contribution in [0.2, 0.25) is 0 Å². The highest BCUT2D eigenvalue weighted by atomic mass is 31.0. The molecule has 12 rings (SSSR count). The smallest absolute Gasteiger partial charge is 0.0533 e. The van der Waals surface area contributed by atoms with E-state index in [0.29, 0.717) is 0 Å². The normalized spacial score (nSPS) is 23.4. The minimum absolute atomic E-state index is 0. The van der Waals surface area contributed by atoms with Crippen LogP contribution < -0.4 is 0 Å². The van der Waals surface area contributed by atoms with Crippen LogP contribution in [-0.4, -0.2) is 0 Å². The van der Waals surface area contributed by atoms with Gasteiger partial charge >= 0.3 is 0 Å². The van der Waals surface area contributed by atoms with Gasteiger partial charge in [0.1, 0.15) is 0 Å². The third-order valence-electron chi connectivity index (χ3n) is 4.24. The number of rotatable bonds is 0. The third kappa shape index (κ3) is 280. The van der Waals surface area contributed by atoms with Crippen LogP contribution in [0.1, 0.15) is 231 Å². The van der Waals surface area contributed by atoms with E-state index in [1.807, 2.05) is 0 Å². The molecule has 0 bridgehead atoms. The Morgan fingerprint density at radius 3 is 0.108 bits per heavy atom. The third-order valence-corrected chi connectivity index (χ3v) is 4.24. The molecule has 12 aliphatic rings. The molecule has 12 fully saturated rings. The Morgan fingerprint density at radius 2 is 0.108 bits per heavy atom. The van der Waals surface area contributed by atoms with Gasteiger partial charge in [-0.05, 0) is 0 Å². The largest absolute Gasteiger partial charge is 0.153 e. The molecule has 0 nitrogen and oxygen atoms in total. The molecule has 0 aromatic carbocycles. The van der Waals surface area contributed by atoms with Crippen LogP contribution in [0.5, 0.6) is 0 Å². The monoisotopic (exact) mass is 539 g/mol. The maximum absolute atomic E-state index is 1.50. The van der Waals surface area contributed by atoms with Gasteiger partial charge in [-0.2, -0.15) is 9.90 Å². The molecule has 12 saturated carbocycles. The summed E-state index contributed by atoms with van der Waals surface area (Å²) < 4.78 is 0. The standard InChI is InChI=1S/12C3H6.H3P/c12*1-2-3-1;/h12*1-3H2;1H3. The Hall–Kier alpha value is 0.430. The molecule has 224 valence electrons. The molecule has 0 heterocycles. The molecule has 1 unspecified atom stereocenters. The van der Waals surface area contributed by atoms with Gasteiger partial charge in [0, 0.05) is 0 Å². The van der Waals surface area contributed by atoms with Gasteiger partial charge in [-0.25, -0.2) is 0 Å². The highest BCUT2D eigenvalue weighted by Gasteiger charge is 1.98. The summed E-state index contributed by atoms with van der Waals surface area (Å²) in [6.07, 6.45) is 54.0. The minimum Gasteiger partial charge on any atom is -0.153 e. The van der Waals surface area contributed by atoms with Crippen LogP contribution in [0.4, 0.5) is 0 Å². The second-order valence-electron chi connectivity index (χ2n) is 12.7. The Morgan fingerprint density at radius 1 is 0.0811 bits per heavy atom. The van der Waals surface area contributed by atoms with Crippen LogP contribution in [0.15, 0.2) is 0 Å². The molecule has 37 heavy (non-hydrogen) atoms. The lowest BCUT2D eigenvalue weighted by Gasteiger charge is -1.05.